The minimum Gasteiger partial charge on any atom is -0.325 e. The van der Waals surface area contributed by atoms with E-state index in [1.165, 1.54) is 11.8 Å². The minimum atomic E-state index is -0.114. The molecule has 1 aromatic heterocycles. The van der Waals surface area contributed by atoms with Crippen LogP contribution in [0.5, 0.6) is 0 Å². The van der Waals surface area contributed by atoms with E-state index in [-0.39, 0.29) is 11.7 Å². The van der Waals surface area contributed by atoms with Gasteiger partial charge in [-0.15, -0.1) is 0 Å². The van der Waals surface area contributed by atoms with Crippen LogP contribution < -0.4 is 5.32 Å². The van der Waals surface area contributed by atoms with Crippen molar-refractivity contribution in [2.24, 2.45) is 0 Å². The molecule has 0 aliphatic carbocycles. The van der Waals surface area contributed by atoms with Gasteiger partial charge < -0.3 is 5.32 Å². The van der Waals surface area contributed by atoms with Crippen LogP contribution in [-0.2, 0) is 4.79 Å². The van der Waals surface area contributed by atoms with Crippen molar-refractivity contribution in [1.29, 1.82) is 0 Å². The zero-order valence-corrected chi connectivity index (χ0v) is 11.8. The van der Waals surface area contributed by atoms with Crippen LogP contribution in [0.4, 0.5) is 5.69 Å². The maximum absolute atomic E-state index is 11.8. The molecule has 1 amide bonds. The Hall–Kier alpha value is -1.59. The second kappa shape index (κ2) is 6.54. The van der Waals surface area contributed by atoms with E-state index in [9.17, 15) is 4.79 Å². The second-order valence-corrected chi connectivity index (χ2v) is 5.18. The predicted molar refractivity (Wildman–Crippen MR) is 77.6 cm³/mol. The summed E-state index contributed by atoms with van der Waals surface area (Å²) in [6, 6.07) is 7.16. The highest BCUT2D eigenvalue weighted by molar-refractivity contribution is 7.99. The van der Waals surface area contributed by atoms with Crippen molar-refractivity contribution in [3.05, 3.63) is 47.2 Å². The van der Waals surface area contributed by atoms with E-state index in [0.717, 1.165) is 5.56 Å². The second-order valence-electron chi connectivity index (χ2n) is 3.83. The molecule has 2 rings (SSSR count). The number of halogens is 1. The lowest BCUT2D eigenvalue weighted by Crippen LogP contribution is -2.14. The van der Waals surface area contributed by atoms with Gasteiger partial charge in [0.15, 0.2) is 5.16 Å². The number of carbonyl (C=O) groups excluding carboxylic acids is 1. The fourth-order valence-corrected chi connectivity index (χ4v) is 2.14. The number of aromatic nitrogens is 2. The van der Waals surface area contributed by atoms with Crippen molar-refractivity contribution < 1.29 is 4.79 Å². The lowest BCUT2D eigenvalue weighted by atomic mass is 10.2. The number of aryl methyl sites for hydroxylation is 1. The molecule has 0 radical (unpaired) electrons. The first-order valence-corrected chi connectivity index (χ1v) is 6.97. The standard InChI is InChI=1S/C13H12ClN3OS/c1-9-3-4-10(7-11(9)14)17-12(18)8-19-13-15-5-2-6-16-13/h2-7H,8H2,1H3,(H,17,18). The highest BCUT2D eigenvalue weighted by Gasteiger charge is 2.06. The molecular formula is C13H12ClN3OS. The highest BCUT2D eigenvalue weighted by Crippen LogP contribution is 2.20. The molecule has 98 valence electrons. The summed E-state index contributed by atoms with van der Waals surface area (Å²) < 4.78 is 0. The number of hydrogen-bond donors (Lipinski definition) is 1. The molecule has 0 aliphatic heterocycles. The first-order valence-electron chi connectivity index (χ1n) is 5.61. The molecule has 0 bridgehead atoms. The molecule has 0 saturated carbocycles. The Kier molecular flexibility index (Phi) is 4.76. The summed E-state index contributed by atoms with van der Waals surface area (Å²) in [6.07, 6.45) is 3.29. The number of rotatable bonds is 4. The Morgan fingerprint density at radius 3 is 2.79 bits per heavy atom. The van der Waals surface area contributed by atoms with Gasteiger partial charge in [-0.1, -0.05) is 29.4 Å². The first-order chi connectivity index (χ1) is 9.15. The Labute approximate surface area is 120 Å². The molecule has 19 heavy (non-hydrogen) atoms. The molecule has 0 saturated heterocycles. The predicted octanol–water partition coefficient (Wildman–Crippen LogP) is 3.17. The third-order valence-electron chi connectivity index (χ3n) is 2.33. The average molecular weight is 294 g/mol. The number of anilines is 1. The maximum atomic E-state index is 11.8. The van der Waals surface area contributed by atoms with Crippen LogP contribution in [0.2, 0.25) is 5.02 Å². The largest absolute Gasteiger partial charge is 0.325 e. The molecular weight excluding hydrogens is 282 g/mol. The number of thioether (sulfide) groups is 1. The number of nitrogens with one attached hydrogen (secondary N) is 1. The monoisotopic (exact) mass is 293 g/mol. The molecule has 1 heterocycles. The van der Waals surface area contributed by atoms with Crippen LogP contribution in [0.1, 0.15) is 5.56 Å². The van der Waals surface area contributed by atoms with E-state index in [4.69, 9.17) is 11.6 Å². The summed E-state index contributed by atoms with van der Waals surface area (Å²) in [7, 11) is 0. The highest BCUT2D eigenvalue weighted by atomic mass is 35.5. The lowest BCUT2D eigenvalue weighted by molar-refractivity contribution is -0.113. The van der Waals surface area contributed by atoms with Crippen LogP contribution in [0, 0.1) is 6.92 Å². The first kappa shape index (κ1) is 13.8. The lowest BCUT2D eigenvalue weighted by Gasteiger charge is -2.06. The van der Waals surface area contributed by atoms with E-state index in [1.807, 2.05) is 19.1 Å². The van der Waals surface area contributed by atoms with Gasteiger partial charge in [-0.3, -0.25) is 4.79 Å². The number of hydrogen-bond acceptors (Lipinski definition) is 4. The van der Waals surface area contributed by atoms with Crippen LogP contribution in [-0.4, -0.2) is 21.6 Å². The summed E-state index contributed by atoms with van der Waals surface area (Å²) in [6.45, 7) is 1.91. The quantitative estimate of drug-likeness (QED) is 0.695. The molecule has 4 nitrogen and oxygen atoms in total. The van der Waals surface area contributed by atoms with Crippen molar-refractivity contribution in [1.82, 2.24) is 9.97 Å². The normalized spacial score (nSPS) is 10.2. The van der Waals surface area contributed by atoms with E-state index < -0.39 is 0 Å². The summed E-state index contributed by atoms with van der Waals surface area (Å²) >= 11 is 7.28. The number of nitrogens with zero attached hydrogens (tertiary/aromatic N) is 2. The van der Waals surface area contributed by atoms with E-state index in [0.29, 0.717) is 15.9 Å². The third-order valence-corrected chi connectivity index (χ3v) is 3.61. The summed E-state index contributed by atoms with van der Waals surface area (Å²) in [5.41, 5.74) is 1.67. The zero-order valence-electron chi connectivity index (χ0n) is 10.3. The Balaban J connectivity index is 1.89. The molecule has 0 aliphatic rings. The SMILES string of the molecule is Cc1ccc(NC(=O)CSc2ncccn2)cc1Cl. The van der Waals surface area contributed by atoms with Gasteiger partial charge in [0, 0.05) is 23.1 Å². The molecule has 0 spiro atoms. The van der Waals surface area contributed by atoms with Gasteiger partial charge in [0.2, 0.25) is 5.91 Å². The summed E-state index contributed by atoms with van der Waals surface area (Å²) in [5, 5.41) is 4.00. The smallest absolute Gasteiger partial charge is 0.234 e. The minimum absolute atomic E-state index is 0.114. The van der Waals surface area contributed by atoms with Crippen LogP contribution in [0.3, 0.4) is 0 Å². The number of carbonyl (C=O) groups is 1. The number of amides is 1. The van der Waals surface area contributed by atoms with Gasteiger partial charge in [-0.05, 0) is 30.7 Å². The fraction of sp³-hybridized carbons (Fsp3) is 0.154. The van der Waals surface area contributed by atoms with Crippen molar-refractivity contribution in [3.8, 4) is 0 Å². The topological polar surface area (TPSA) is 54.9 Å². The average Bonchev–Trinajstić information content (AvgIpc) is 2.42. The van der Waals surface area contributed by atoms with Crippen molar-refractivity contribution in [3.63, 3.8) is 0 Å². The Morgan fingerprint density at radius 2 is 2.11 bits per heavy atom. The summed E-state index contributed by atoms with van der Waals surface area (Å²) in [5.74, 6) is 0.146. The Bertz CT molecular complexity index is 577. The molecule has 0 fully saturated rings. The Morgan fingerprint density at radius 1 is 1.37 bits per heavy atom. The van der Waals surface area contributed by atoms with Gasteiger partial charge >= 0.3 is 0 Å². The van der Waals surface area contributed by atoms with Crippen LogP contribution in [0.25, 0.3) is 0 Å². The van der Waals surface area contributed by atoms with E-state index >= 15 is 0 Å². The van der Waals surface area contributed by atoms with Gasteiger partial charge in [0.05, 0.1) is 5.75 Å². The van der Waals surface area contributed by atoms with Crippen LogP contribution >= 0.6 is 23.4 Å². The van der Waals surface area contributed by atoms with Gasteiger partial charge in [-0.25, -0.2) is 9.97 Å². The van der Waals surface area contributed by atoms with Crippen molar-refractivity contribution in [2.75, 3.05) is 11.1 Å². The van der Waals surface area contributed by atoms with Gasteiger partial charge in [0.1, 0.15) is 0 Å². The molecule has 1 N–H and O–H groups in total. The summed E-state index contributed by atoms with van der Waals surface area (Å²) in [4.78, 5) is 19.8. The van der Waals surface area contributed by atoms with Crippen molar-refractivity contribution in [2.45, 2.75) is 12.1 Å². The van der Waals surface area contributed by atoms with Crippen LogP contribution in [0.15, 0.2) is 41.8 Å². The van der Waals surface area contributed by atoms with E-state index in [2.05, 4.69) is 15.3 Å². The van der Waals surface area contributed by atoms with E-state index in [1.54, 1.807) is 24.5 Å². The van der Waals surface area contributed by atoms with Gasteiger partial charge in [-0.2, -0.15) is 0 Å². The molecule has 1 aromatic carbocycles. The maximum Gasteiger partial charge on any atom is 0.234 e. The molecule has 2 aromatic rings. The molecule has 0 unspecified atom stereocenters. The number of benzene rings is 1. The third kappa shape index (κ3) is 4.22. The van der Waals surface area contributed by atoms with Crippen molar-refractivity contribution >= 4 is 35.0 Å². The molecule has 0 atom stereocenters. The fourth-order valence-electron chi connectivity index (χ4n) is 1.36. The molecule has 6 heteroatoms. The van der Waals surface area contributed by atoms with Gasteiger partial charge in [0.25, 0.3) is 0 Å². The zero-order chi connectivity index (χ0) is 13.7.